The summed E-state index contributed by atoms with van der Waals surface area (Å²) in [5, 5.41) is 15.2. The van der Waals surface area contributed by atoms with Crippen LogP contribution in [-0.4, -0.2) is 26.7 Å². The first kappa shape index (κ1) is 17.3. The van der Waals surface area contributed by atoms with Gasteiger partial charge in [-0.2, -0.15) is 0 Å². The number of imidazole rings is 1. The van der Waals surface area contributed by atoms with Crippen LogP contribution in [0.25, 0.3) is 27.8 Å². The Balaban J connectivity index is 1.38. The molecule has 0 saturated heterocycles. The Labute approximate surface area is 167 Å². The van der Waals surface area contributed by atoms with Crippen molar-refractivity contribution in [3.8, 4) is 22.6 Å². The minimum Gasteiger partial charge on any atom is -0.508 e. The zero-order valence-electron chi connectivity index (χ0n) is 15.7. The van der Waals surface area contributed by atoms with Crippen LogP contribution in [0, 0.1) is 0 Å². The predicted octanol–water partition coefficient (Wildman–Crippen LogP) is 4.68. The molecule has 1 aliphatic rings. The number of amides is 2. The first-order valence-corrected chi connectivity index (χ1v) is 9.60. The first-order chi connectivity index (χ1) is 14.2. The Morgan fingerprint density at radius 1 is 0.966 bits per heavy atom. The lowest BCUT2D eigenvalue weighted by Crippen LogP contribution is -2.30. The van der Waals surface area contributed by atoms with Crippen LogP contribution >= 0.6 is 0 Å². The molecule has 2 amide bonds. The van der Waals surface area contributed by atoms with E-state index in [1.54, 1.807) is 18.5 Å². The average Bonchev–Trinajstić information content (AvgIpc) is 3.44. The summed E-state index contributed by atoms with van der Waals surface area (Å²) in [4.78, 5) is 16.4. The van der Waals surface area contributed by atoms with Gasteiger partial charge in [-0.05, 0) is 72.5 Å². The third kappa shape index (κ3) is 3.65. The lowest BCUT2D eigenvalue weighted by atomic mass is 10.1. The highest BCUT2D eigenvalue weighted by molar-refractivity contribution is 5.90. The molecule has 0 radical (unpaired) electrons. The van der Waals surface area contributed by atoms with Crippen molar-refractivity contribution in [1.82, 2.24) is 14.9 Å². The molecule has 3 aromatic carbocycles. The summed E-state index contributed by atoms with van der Waals surface area (Å²) in [6, 6.07) is 21.1. The van der Waals surface area contributed by atoms with Gasteiger partial charge in [-0.1, -0.05) is 18.2 Å². The number of carbonyl (C=O) groups excluding carboxylic acids is 1. The summed E-state index contributed by atoms with van der Waals surface area (Å²) < 4.78 is 2.02. The molecule has 0 bridgehead atoms. The number of hydrogen-bond donors (Lipinski definition) is 3. The van der Waals surface area contributed by atoms with Gasteiger partial charge in [0.15, 0.2) is 0 Å². The van der Waals surface area contributed by atoms with Crippen LogP contribution in [0.15, 0.2) is 73.1 Å². The van der Waals surface area contributed by atoms with Crippen molar-refractivity contribution in [3.63, 3.8) is 0 Å². The Bertz CT molecular complexity index is 1180. The van der Waals surface area contributed by atoms with Gasteiger partial charge in [-0.25, -0.2) is 9.78 Å². The fourth-order valence-electron chi connectivity index (χ4n) is 3.34. The van der Waals surface area contributed by atoms with Crippen molar-refractivity contribution in [3.05, 3.63) is 73.1 Å². The first-order valence-electron chi connectivity index (χ1n) is 9.60. The van der Waals surface area contributed by atoms with E-state index < -0.39 is 0 Å². The monoisotopic (exact) mass is 384 g/mol. The molecule has 0 atom stereocenters. The van der Waals surface area contributed by atoms with E-state index in [0.717, 1.165) is 46.4 Å². The van der Waals surface area contributed by atoms with Crippen molar-refractivity contribution in [2.45, 2.75) is 18.9 Å². The van der Waals surface area contributed by atoms with E-state index in [4.69, 9.17) is 0 Å². The Morgan fingerprint density at radius 2 is 1.69 bits per heavy atom. The second kappa shape index (κ2) is 6.98. The van der Waals surface area contributed by atoms with Crippen molar-refractivity contribution in [2.75, 3.05) is 5.32 Å². The minimum absolute atomic E-state index is 0.157. The molecular weight excluding hydrogens is 364 g/mol. The topological polar surface area (TPSA) is 79.2 Å². The van der Waals surface area contributed by atoms with Crippen LogP contribution < -0.4 is 10.6 Å². The number of aromatic hydroxyl groups is 1. The number of nitrogens with one attached hydrogen (secondary N) is 2. The molecule has 4 aromatic rings. The number of urea groups is 1. The van der Waals surface area contributed by atoms with E-state index >= 15 is 0 Å². The molecule has 0 spiro atoms. The summed E-state index contributed by atoms with van der Waals surface area (Å²) in [7, 11) is 0. The highest BCUT2D eigenvalue weighted by Gasteiger charge is 2.23. The highest BCUT2D eigenvalue weighted by atomic mass is 16.3. The lowest BCUT2D eigenvalue weighted by molar-refractivity contribution is 0.251. The number of aromatic nitrogens is 2. The number of anilines is 1. The summed E-state index contributed by atoms with van der Waals surface area (Å²) in [5.41, 5.74) is 5.69. The van der Waals surface area contributed by atoms with Crippen molar-refractivity contribution < 1.29 is 9.90 Å². The average molecular weight is 384 g/mol. The number of phenols is 1. The summed E-state index contributed by atoms with van der Waals surface area (Å²) in [5.74, 6) is 0.252. The zero-order chi connectivity index (χ0) is 19.8. The van der Waals surface area contributed by atoms with Crippen LogP contribution in [0.2, 0.25) is 0 Å². The van der Waals surface area contributed by atoms with E-state index in [1.807, 2.05) is 59.2 Å². The number of carbonyl (C=O) groups is 1. The molecule has 0 aliphatic heterocycles. The second-order valence-corrected chi connectivity index (χ2v) is 7.28. The molecule has 1 saturated carbocycles. The number of phenolic OH excluding ortho intramolecular Hbond substituents is 1. The quantitative estimate of drug-likeness (QED) is 0.478. The SMILES string of the molecule is O=C(Nc1ccc(-n2cnc3cc(-c4ccc(O)cc4)ccc32)cc1)NC1CC1. The number of benzene rings is 3. The molecule has 3 N–H and O–H groups in total. The van der Waals surface area contributed by atoms with Gasteiger partial charge in [0.05, 0.1) is 11.0 Å². The maximum absolute atomic E-state index is 11.9. The molecule has 1 aromatic heterocycles. The van der Waals surface area contributed by atoms with E-state index in [1.165, 1.54) is 0 Å². The molecule has 144 valence electrons. The van der Waals surface area contributed by atoms with E-state index in [0.29, 0.717) is 6.04 Å². The molecule has 5 rings (SSSR count). The van der Waals surface area contributed by atoms with Crippen LogP contribution in [0.5, 0.6) is 5.75 Å². The number of fused-ring (bicyclic) bond motifs is 1. The van der Waals surface area contributed by atoms with Crippen molar-refractivity contribution in [1.29, 1.82) is 0 Å². The van der Waals surface area contributed by atoms with Gasteiger partial charge in [0, 0.05) is 17.4 Å². The van der Waals surface area contributed by atoms with E-state index in [-0.39, 0.29) is 11.8 Å². The van der Waals surface area contributed by atoms with Crippen LogP contribution in [0.4, 0.5) is 10.5 Å². The second-order valence-electron chi connectivity index (χ2n) is 7.28. The molecule has 1 heterocycles. The molecule has 6 nitrogen and oxygen atoms in total. The van der Waals surface area contributed by atoms with Gasteiger partial charge in [-0.3, -0.25) is 4.57 Å². The van der Waals surface area contributed by atoms with Crippen LogP contribution in [0.1, 0.15) is 12.8 Å². The standard InChI is InChI=1S/C23H20N4O2/c28-20-10-1-15(2-11-20)16-3-12-22-21(13-16)24-14-27(22)19-8-6-18(7-9-19)26-23(29)25-17-4-5-17/h1-3,6-14,17,28H,4-5H2,(H2,25,26,29). The van der Waals surface area contributed by atoms with Gasteiger partial charge in [0.1, 0.15) is 12.1 Å². The van der Waals surface area contributed by atoms with Crippen LogP contribution in [-0.2, 0) is 0 Å². The molecule has 6 heteroatoms. The zero-order valence-corrected chi connectivity index (χ0v) is 15.7. The molecule has 1 fully saturated rings. The molecule has 1 aliphatic carbocycles. The van der Waals surface area contributed by atoms with Crippen molar-refractivity contribution in [2.24, 2.45) is 0 Å². The smallest absolute Gasteiger partial charge is 0.319 e. The van der Waals surface area contributed by atoms with Gasteiger partial charge in [0.2, 0.25) is 0 Å². The van der Waals surface area contributed by atoms with Crippen LogP contribution in [0.3, 0.4) is 0 Å². The summed E-state index contributed by atoms with van der Waals surface area (Å²) >= 11 is 0. The molecule has 29 heavy (non-hydrogen) atoms. The predicted molar refractivity (Wildman–Crippen MR) is 113 cm³/mol. The number of nitrogens with zero attached hydrogens (tertiary/aromatic N) is 2. The van der Waals surface area contributed by atoms with Gasteiger partial charge >= 0.3 is 6.03 Å². The largest absolute Gasteiger partial charge is 0.508 e. The van der Waals surface area contributed by atoms with Gasteiger partial charge in [0.25, 0.3) is 0 Å². The summed E-state index contributed by atoms with van der Waals surface area (Å²) in [6.07, 6.45) is 3.93. The van der Waals surface area contributed by atoms with E-state index in [9.17, 15) is 9.90 Å². The lowest BCUT2D eigenvalue weighted by Gasteiger charge is -2.09. The van der Waals surface area contributed by atoms with E-state index in [2.05, 4.69) is 15.6 Å². The Morgan fingerprint density at radius 3 is 2.41 bits per heavy atom. The fraction of sp³-hybridized carbons (Fsp3) is 0.130. The number of rotatable bonds is 4. The Kier molecular flexibility index (Phi) is 4.17. The van der Waals surface area contributed by atoms with Gasteiger partial charge in [-0.15, -0.1) is 0 Å². The molecular formula is C23H20N4O2. The maximum atomic E-state index is 11.9. The van der Waals surface area contributed by atoms with Gasteiger partial charge < -0.3 is 15.7 Å². The van der Waals surface area contributed by atoms with Crippen molar-refractivity contribution >= 4 is 22.8 Å². The number of hydrogen-bond acceptors (Lipinski definition) is 3. The maximum Gasteiger partial charge on any atom is 0.319 e. The normalized spacial score (nSPS) is 13.4. The third-order valence-corrected chi connectivity index (χ3v) is 5.06. The Hall–Kier alpha value is -3.80. The summed E-state index contributed by atoms with van der Waals surface area (Å²) in [6.45, 7) is 0. The highest BCUT2D eigenvalue weighted by Crippen LogP contribution is 2.27. The third-order valence-electron chi connectivity index (χ3n) is 5.06. The minimum atomic E-state index is -0.157. The fourth-order valence-corrected chi connectivity index (χ4v) is 3.34. The molecule has 0 unspecified atom stereocenters.